The fraction of sp³-hybridized carbons (Fsp3) is 0.636. The second-order valence-corrected chi connectivity index (χ2v) is 3.99. The van der Waals surface area contributed by atoms with Crippen molar-refractivity contribution in [1.82, 2.24) is 9.97 Å². The molecule has 0 spiro atoms. The Balaban J connectivity index is 2.73. The van der Waals surface area contributed by atoms with E-state index in [4.69, 9.17) is 21.1 Å². The fourth-order valence-corrected chi connectivity index (χ4v) is 1.72. The van der Waals surface area contributed by atoms with Crippen molar-refractivity contribution in [3.05, 3.63) is 11.9 Å². The summed E-state index contributed by atoms with van der Waals surface area (Å²) in [5, 5.41) is 3.26. The number of methoxy groups -OCH3 is 2. The van der Waals surface area contributed by atoms with E-state index in [-0.39, 0.29) is 6.04 Å². The highest BCUT2D eigenvalue weighted by Gasteiger charge is 2.10. The molecule has 0 bridgehead atoms. The number of alkyl halides is 1. The molecule has 1 heterocycles. The van der Waals surface area contributed by atoms with E-state index >= 15 is 0 Å². The summed E-state index contributed by atoms with van der Waals surface area (Å²) in [4.78, 5) is 8.41. The highest BCUT2D eigenvalue weighted by Crippen LogP contribution is 2.14. The number of ether oxygens (including phenoxy) is 2. The zero-order valence-corrected chi connectivity index (χ0v) is 11.1. The molecule has 1 N–H and O–H groups in total. The summed E-state index contributed by atoms with van der Waals surface area (Å²) < 4.78 is 10.2. The summed E-state index contributed by atoms with van der Waals surface area (Å²) >= 11 is 5.74. The van der Waals surface area contributed by atoms with Crippen LogP contribution in [-0.4, -0.2) is 42.7 Å². The van der Waals surface area contributed by atoms with Gasteiger partial charge in [0.25, 0.3) is 0 Å². The molecule has 5 nitrogen and oxygen atoms in total. The molecule has 0 aliphatic heterocycles. The van der Waals surface area contributed by atoms with Gasteiger partial charge < -0.3 is 14.8 Å². The third-order valence-corrected chi connectivity index (χ3v) is 2.42. The quantitative estimate of drug-likeness (QED) is 0.758. The SMILES string of the molecule is COCC(CCCl)Nc1cc(OC)nc(C)n1. The predicted octanol–water partition coefficient (Wildman–Crippen LogP) is 1.85. The van der Waals surface area contributed by atoms with E-state index < -0.39 is 0 Å². The number of rotatable bonds is 7. The van der Waals surface area contributed by atoms with Crippen LogP contribution in [-0.2, 0) is 4.74 Å². The zero-order chi connectivity index (χ0) is 12.7. The molecule has 6 heteroatoms. The first-order valence-electron chi connectivity index (χ1n) is 5.40. The third-order valence-electron chi connectivity index (χ3n) is 2.20. The minimum atomic E-state index is 0.136. The highest BCUT2D eigenvalue weighted by molar-refractivity contribution is 6.17. The van der Waals surface area contributed by atoms with Gasteiger partial charge >= 0.3 is 0 Å². The van der Waals surface area contributed by atoms with Crippen LogP contribution in [0.4, 0.5) is 5.82 Å². The van der Waals surface area contributed by atoms with Gasteiger partial charge in [0.05, 0.1) is 19.8 Å². The maximum absolute atomic E-state index is 5.74. The van der Waals surface area contributed by atoms with Crippen LogP contribution in [0.3, 0.4) is 0 Å². The number of nitrogens with one attached hydrogen (secondary N) is 1. The van der Waals surface area contributed by atoms with Crippen molar-refractivity contribution < 1.29 is 9.47 Å². The largest absolute Gasteiger partial charge is 0.481 e. The molecule has 0 saturated carbocycles. The minimum absolute atomic E-state index is 0.136. The molecule has 1 rings (SSSR count). The van der Waals surface area contributed by atoms with Crippen molar-refractivity contribution in [2.75, 3.05) is 32.0 Å². The molecule has 0 amide bonds. The number of hydrogen-bond donors (Lipinski definition) is 1. The van der Waals surface area contributed by atoms with Gasteiger partial charge in [-0.2, -0.15) is 4.98 Å². The van der Waals surface area contributed by atoms with Gasteiger partial charge in [-0.25, -0.2) is 4.98 Å². The van der Waals surface area contributed by atoms with Crippen LogP contribution >= 0.6 is 11.6 Å². The topological polar surface area (TPSA) is 56.3 Å². The Hall–Kier alpha value is -1.07. The van der Waals surface area contributed by atoms with E-state index in [1.54, 1.807) is 20.3 Å². The Morgan fingerprint density at radius 3 is 2.76 bits per heavy atom. The average molecular weight is 260 g/mol. The Bertz CT molecular complexity index is 343. The molecule has 1 unspecified atom stereocenters. The van der Waals surface area contributed by atoms with Crippen molar-refractivity contribution in [1.29, 1.82) is 0 Å². The van der Waals surface area contributed by atoms with E-state index in [1.165, 1.54) is 0 Å². The Morgan fingerprint density at radius 2 is 2.18 bits per heavy atom. The Labute approximate surface area is 107 Å². The first kappa shape index (κ1) is 14.0. The summed E-state index contributed by atoms with van der Waals surface area (Å²) in [5.74, 6) is 2.50. The van der Waals surface area contributed by atoms with Crippen LogP contribution in [0, 0.1) is 6.92 Å². The number of aromatic nitrogens is 2. The van der Waals surface area contributed by atoms with Gasteiger partial charge in [-0.05, 0) is 13.3 Å². The van der Waals surface area contributed by atoms with Crippen LogP contribution in [0.5, 0.6) is 5.88 Å². The first-order valence-corrected chi connectivity index (χ1v) is 5.94. The monoisotopic (exact) mass is 259 g/mol. The Kier molecular flexibility index (Phi) is 6.00. The van der Waals surface area contributed by atoms with Gasteiger partial charge in [0.2, 0.25) is 5.88 Å². The predicted molar refractivity (Wildman–Crippen MR) is 67.9 cm³/mol. The van der Waals surface area contributed by atoms with Gasteiger partial charge in [0, 0.05) is 19.1 Å². The lowest BCUT2D eigenvalue weighted by Gasteiger charge is -2.17. The van der Waals surface area contributed by atoms with E-state index in [9.17, 15) is 0 Å². The maximum Gasteiger partial charge on any atom is 0.218 e. The normalized spacial score (nSPS) is 12.2. The van der Waals surface area contributed by atoms with Crippen LogP contribution in [0.25, 0.3) is 0 Å². The van der Waals surface area contributed by atoms with Gasteiger partial charge in [-0.1, -0.05) is 0 Å². The lowest BCUT2D eigenvalue weighted by atomic mass is 10.2. The van der Waals surface area contributed by atoms with Crippen LogP contribution in [0.15, 0.2) is 6.07 Å². The zero-order valence-electron chi connectivity index (χ0n) is 10.4. The average Bonchev–Trinajstić information content (AvgIpc) is 2.29. The van der Waals surface area contributed by atoms with Gasteiger partial charge in [0.1, 0.15) is 11.6 Å². The molecule has 1 atom stereocenters. The van der Waals surface area contributed by atoms with Crippen LogP contribution in [0.2, 0.25) is 0 Å². The van der Waals surface area contributed by atoms with E-state index in [1.807, 2.05) is 6.92 Å². The van der Waals surface area contributed by atoms with E-state index in [2.05, 4.69) is 15.3 Å². The number of anilines is 1. The molecule has 0 aliphatic carbocycles. The maximum atomic E-state index is 5.74. The standard InChI is InChI=1S/C11H18ClN3O2/c1-8-13-10(6-11(14-8)17-3)15-9(4-5-12)7-16-2/h6,9H,4-5,7H2,1-3H3,(H,13,14,15). The van der Waals surface area contributed by atoms with Crippen molar-refractivity contribution >= 4 is 17.4 Å². The number of hydrogen-bond acceptors (Lipinski definition) is 5. The molecule has 17 heavy (non-hydrogen) atoms. The van der Waals surface area contributed by atoms with Crippen LogP contribution in [0.1, 0.15) is 12.2 Å². The molecule has 0 fully saturated rings. The van der Waals surface area contributed by atoms with Crippen LogP contribution < -0.4 is 10.1 Å². The smallest absolute Gasteiger partial charge is 0.218 e. The second kappa shape index (κ2) is 7.29. The lowest BCUT2D eigenvalue weighted by molar-refractivity contribution is 0.184. The van der Waals surface area contributed by atoms with Crippen molar-refractivity contribution in [2.24, 2.45) is 0 Å². The second-order valence-electron chi connectivity index (χ2n) is 3.62. The molecular weight excluding hydrogens is 242 g/mol. The van der Waals surface area contributed by atoms with Gasteiger partial charge in [-0.15, -0.1) is 11.6 Å². The molecule has 1 aromatic rings. The minimum Gasteiger partial charge on any atom is -0.481 e. The number of aryl methyl sites for hydroxylation is 1. The summed E-state index contributed by atoms with van der Waals surface area (Å²) in [6.07, 6.45) is 0.806. The van der Waals surface area contributed by atoms with Crippen molar-refractivity contribution in [3.63, 3.8) is 0 Å². The summed E-state index contributed by atoms with van der Waals surface area (Å²) in [5.41, 5.74) is 0. The van der Waals surface area contributed by atoms with Gasteiger partial charge in [-0.3, -0.25) is 0 Å². The fourth-order valence-electron chi connectivity index (χ4n) is 1.46. The molecule has 0 aliphatic rings. The Morgan fingerprint density at radius 1 is 1.41 bits per heavy atom. The summed E-state index contributed by atoms with van der Waals surface area (Å²) in [7, 11) is 3.24. The number of nitrogens with zero attached hydrogens (tertiary/aromatic N) is 2. The molecule has 0 saturated heterocycles. The third kappa shape index (κ3) is 4.75. The molecule has 96 valence electrons. The summed E-state index contributed by atoms with van der Waals surface area (Å²) in [6, 6.07) is 1.89. The van der Waals surface area contributed by atoms with E-state index in [0.717, 1.165) is 12.2 Å². The summed E-state index contributed by atoms with van der Waals surface area (Å²) in [6.45, 7) is 2.40. The molecule has 1 aromatic heterocycles. The number of halogens is 1. The molecular formula is C11H18ClN3O2. The van der Waals surface area contributed by atoms with Crippen molar-refractivity contribution in [3.8, 4) is 5.88 Å². The van der Waals surface area contributed by atoms with Crippen molar-refractivity contribution in [2.45, 2.75) is 19.4 Å². The molecule has 0 aromatic carbocycles. The molecule has 0 radical (unpaired) electrons. The van der Waals surface area contributed by atoms with Gasteiger partial charge in [0.15, 0.2) is 0 Å². The first-order chi connectivity index (χ1) is 8.19. The lowest BCUT2D eigenvalue weighted by Crippen LogP contribution is -2.26. The van der Waals surface area contributed by atoms with E-state index in [0.29, 0.717) is 24.2 Å². The highest BCUT2D eigenvalue weighted by atomic mass is 35.5.